The van der Waals surface area contributed by atoms with Crippen LogP contribution in [0.5, 0.6) is 0 Å². The predicted molar refractivity (Wildman–Crippen MR) is 118 cm³/mol. The monoisotopic (exact) mass is 434 g/mol. The van der Waals surface area contributed by atoms with Crippen molar-refractivity contribution in [3.8, 4) is 11.4 Å². The van der Waals surface area contributed by atoms with E-state index >= 15 is 0 Å². The molecule has 2 N–H and O–H groups in total. The number of nitrogens with one attached hydrogen (secondary N) is 2. The number of benzene rings is 2. The van der Waals surface area contributed by atoms with Crippen LogP contribution >= 0.6 is 0 Å². The summed E-state index contributed by atoms with van der Waals surface area (Å²) in [5, 5.41) is 14.0. The van der Waals surface area contributed by atoms with Crippen molar-refractivity contribution >= 4 is 23.3 Å². The molecule has 0 atom stereocenters. The molecule has 32 heavy (non-hydrogen) atoms. The van der Waals surface area contributed by atoms with Crippen LogP contribution in [0.15, 0.2) is 42.5 Å². The predicted octanol–water partition coefficient (Wildman–Crippen LogP) is 3.59. The Bertz CT molecular complexity index is 1190. The highest BCUT2D eigenvalue weighted by Crippen LogP contribution is 2.27. The summed E-state index contributed by atoms with van der Waals surface area (Å²) < 4.78 is 16.6. The minimum atomic E-state index is -0.534. The third-order valence-corrected chi connectivity index (χ3v) is 5.86. The molecular weight excluding hydrogens is 411 g/mol. The number of rotatable bonds is 4. The molecule has 0 saturated carbocycles. The van der Waals surface area contributed by atoms with Crippen molar-refractivity contribution in [2.45, 2.75) is 32.2 Å². The van der Waals surface area contributed by atoms with E-state index in [1.807, 2.05) is 0 Å². The number of anilines is 2. The van der Waals surface area contributed by atoms with Gasteiger partial charge in [0.1, 0.15) is 11.6 Å². The molecule has 2 aliphatic heterocycles. The number of halogens is 1. The molecule has 3 heterocycles. The first-order valence-corrected chi connectivity index (χ1v) is 10.8. The fraction of sp³-hybridized carbons (Fsp3) is 0.304. The molecule has 3 aromatic rings. The van der Waals surface area contributed by atoms with Crippen molar-refractivity contribution in [2.75, 3.05) is 23.3 Å². The van der Waals surface area contributed by atoms with Crippen LogP contribution in [-0.2, 0) is 13.0 Å². The highest BCUT2D eigenvalue weighted by Gasteiger charge is 2.22. The summed E-state index contributed by atoms with van der Waals surface area (Å²) in [6.07, 6.45) is 4.16. The van der Waals surface area contributed by atoms with Crippen LogP contribution in [0.2, 0.25) is 0 Å². The van der Waals surface area contributed by atoms with Crippen molar-refractivity contribution in [3.05, 3.63) is 59.7 Å². The van der Waals surface area contributed by atoms with Crippen LogP contribution in [0, 0.1) is 5.82 Å². The average Bonchev–Trinajstić information content (AvgIpc) is 3.34. The molecule has 164 valence electrons. The largest absolute Gasteiger partial charge is 0.336 e. The van der Waals surface area contributed by atoms with E-state index in [0.717, 1.165) is 38.1 Å². The number of amides is 3. The zero-order valence-electron chi connectivity index (χ0n) is 17.5. The summed E-state index contributed by atoms with van der Waals surface area (Å²) in [6.45, 7) is 1.91. The molecule has 0 unspecified atom stereocenters. The van der Waals surface area contributed by atoms with Gasteiger partial charge in [-0.2, -0.15) is 0 Å². The number of hydrogen-bond acceptors (Lipinski definition) is 4. The Balaban J connectivity index is 1.40. The Morgan fingerprint density at radius 3 is 2.81 bits per heavy atom. The van der Waals surface area contributed by atoms with E-state index in [0.29, 0.717) is 35.7 Å². The Labute approximate surface area is 184 Å². The molecule has 1 saturated heterocycles. The summed E-state index contributed by atoms with van der Waals surface area (Å²) in [5.41, 5.74) is 1.73. The number of aryl methyl sites for hydroxylation is 1. The Kier molecular flexibility index (Phi) is 5.30. The molecule has 3 amide bonds. The summed E-state index contributed by atoms with van der Waals surface area (Å²) in [4.78, 5) is 26.3. The highest BCUT2D eigenvalue weighted by atomic mass is 19.1. The van der Waals surface area contributed by atoms with E-state index in [9.17, 15) is 14.0 Å². The van der Waals surface area contributed by atoms with Gasteiger partial charge in [-0.3, -0.25) is 9.69 Å². The van der Waals surface area contributed by atoms with Crippen LogP contribution in [0.25, 0.3) is 11.4 Å². The van der Waals surface area contributed by atoms with E-state index < -0.39 is 11.7 Å². The fourth-order valence-corrected chi connectivity index (χ4v) is 4.19. The van der Waals surface area contributed by atoms with Crippen molar-refractivity contribution < 1.29 is 14.0 Å². The molecule has 9 heteroatoms. The third-order valence-electron chi connectivity index (χ3n) is 5.86. The third kappa shape index (κ3) is 3.81. The molecule has 0 radical (unpaired) electrons. The van der Waals surface area contributed by atoms with Gasteiger partial charge in [0.05, 0.1) is 5.69 Å². The first-order valence-electron chi connectivity index (χ1n) is 10.8. The van der Waals surface area contributed by atoms with Crippen molar-refractivity contribution in [3.63, 3.8) is 0 Å². The Hall–Kier alpha value is -3.75. The second kappa shape index (κ2) is 8.41. The minimum Gasteiger partial charge on any atom is -0.336 e. The van der Waals surface area contributed by atoms with Crippen molar-refractivity contribution in [2.24, 2.45) is 0 Å². The molecule has 1 aromatic heterocycles. The van der Waals surface area contributed by atoms with Gasteiger partial charge < -0.3 is 15.2 Å². The molecule has 1 fully saturated rings. The van der Waals surface area contributed by atoms with Crippen LogP contribution in [0.1, 0.15) is 35.4 Å². The first kappa shape index (κ1) is 20.2. The maximum absolute atomic E-state index is 14.5. The lowest BCUT2D eigenvalue weighted by Crippen LogP contribution is -2.27. The SMILES string of the molecule is O=C(Nc1cc(-c2nnc3n2CCCCC3)ccc1F)c1cccc(N2CCNC2=O)c1. The second-order valence-corrected chi connectivity index (χ2v) is 7.98. The standard InChI is InChI=1S/C23H23FN6O2/c24-18-9-8-15(21-28-27-20-7-2-1-3-11-30(20)21)14-19(18)26-22(31)16-5-4-6-17(13-16)29-12-10-25-23(29)32/h4-6,8-9,13-14H,1-3,7,10-12H2,(H,25,32)(H,26,31). The van der Waals surface area contributed by atoms with Gasteiger partial charge in [0, 0.05) is 42.9 Å². The lowest BCUT2D eigenvalue weighted by atomic mass is 10.1. The fourth-order valence-electron chi connectivity index (χ4n) is 4.19. The van der Waals surface area contributed by atoms with E-state index in [-0.39, 0.29) is 11.7 Å². The number of carbonyl (C=O) groups is 2. The molecule has 8 nitrogen and oxygen atoms in total. The van der Waals surface area contributed by atoms with Crippen LogP contribution in [-0.4, -0.2) is 39.8 Å². The molecule has 0 aliphatic carbocycles. The summed E-state index contributed by atoms with van der Waals surface area (Å²) >= 11 is 0. The Morgan fingerprint density at radius 2 is 1.97 bits per heavy atom. The molecule has 5 rings (SSSR count). The second-order valence-electron chi connectivity index (χ2n) is 7.98. The maximum Gasteiger partial charge on any atom is 0.321 e. The van der Waals surface area contributed by atoms with Crippen LogP contribution in [0.3, 0.4) is 0 Å². The first-order chi connectivity index (χ1) is 15.6. The van der Waals surface area contributed by atoms with E-state index in [1.54, 1.807) is 41.3 Å². The summed E-state index contributed by atoms with van der Waals surface area (Å²) in [7, 11) is 0. The average molecular weight is 434 g/mol. The van der Waals surface area contributed by atoms with Gasteiger partial charge in [0.2, 0.25) is 0 Å². The minimum absolute atomic E-state index is 0.0720. The smallest absolute Gasteiger partial charge is 0.321 e. The number of carbonyl (C=O) groups excluding carboxylic acids is 2. The van der Waals surface area contributed by atoms with Gasteiger partial charge in [-0.25, -0.2) is 9.18 Å². The van der Waals surface area contributed by atoms with Gasteiger partial charge in [-0.1, -0.05) is 12.5 Å². The van der Waals surface area contributed by atoms with Crippen molar-refractivity contribution in [1.29, 1.82) is 0 Å². The maximum atomic E-state index is 14.5. The lowest BCUT2D eigenvalue weighted by Gasteiger charge is -2.15. The molecular formula is C23H23FN6O2. The molecule has 2 aliphatic rings. The van der Waals surface area contributed by atoms with Crippen LogP contribution < -0.4 is 15.5 Å². The van der Waals surface area contributed by atoms with Crippen LogP contribution in [0.4, 0.5) is 20.6 Å². The number of urea groups is 1. The van der Waals surface area contributed by atoms with E-state index in [2.05, 4.69) is 25.4 Å². The molecule has 2 aromatic carbocycles. The highest BCUT2D eigenvalue weighted by molar-refractivity contribution is 6.06. The van der Waals surface area contributed by atoms with Gasteiger partial charge in [-0.15, -0.1) is 10.2 Å². The quantitative estimate of drug-likeness (QED) is 0.656. The van der Waals surface area contributed by atoms with Gasteiger partial charge >= 0.3 is 6.03 Å². The number of nitrogens with zero attached hydrogens (tertiary/aromatic N) is 4. The number of aromatic nitrogens is 3. The summed E-state index contributed by atoms with van der Waals surface area (Å²) in [6, 6.07) is 11.1. The van der Waals surface area contributed by atoms with Gasteiger partial charge in [0.15, 0.2) is 5.82 Å². The number of fused-ring (bicyclic) bond motifs is 1. The zero-order chi connectivity index (χ0) is 22.1. The topological polar surface area (TPSA) is 92.2 Å². The molecule has 0 spiro atoms. The summed E-state index contributed by atoms with van der Waals surface area (Å²) in [5.74, 6) is 0.630. The number of hydrogen-bond donors (Lipinski definition) is 2. The molecule has 0 bridgehead atoms. The van der Waals surface area contributed by atoms with Gasteiger partial charge in [0.25, 0.3) is 5.91 Å². The van der Waals surface area contributed by atoms with E-state index in [1.165, 1.54) is 6.07 Å². The Morgan fingerprint density at radius 1 is 1.06 bits per heavy atom. The van der Waals surface area contributed by atoms with E-state index in [4.69, 9.17) is 0 Å². The van der Waals surface area contributed by atoms with Crippen molar-refractivity contribution in [1.82, 2.24) is 20.1 Å². The zero-order valence-corrected chi connectivity index (χ0v) is 17.5. The van der Waals surface area contributed by atoms with Gasteiger partial charge in [-0.05, 0) is 49.2 Å². The lowest BCUT2D eigenvalue weighted by molar-refractivity contribution is 0.102. The normalized spacial score (nSPS) is 15.8.